The monoisotopic (exact) mass is 175 g/mol. The van der Waals surface area contributed by atoms with E-state index in [1.807, 2.05) is 23.2 Å². The molecule has 68 valence electrons. The summed E-state index contributed by atoms with van der Waals surface area (Å²) in [5.74, 6) is 0.624. The van der Waals surface area contributed by atoms with Gasteiger partial charge in [-0.25, -0.2) is 0 Å². The highest BCUT2D eigenvalue weighted by Crippen LogP contribution is 2.34. The first-order valence-electron chi connectivity index (χ1n) is 4.39. The molecule has 1 aromatic carbocycles. The minimum absolute atomic E-state index is 0.444. The van der Waals surface area contributed by atoms with Crippen LogP contribution in [0.15, 0.2) is 35.4 Å². The highest BCUT2D eigenvalue weighted by molar-refractivity contribution is 5.77. The maximum Gasteiger partial charge on any atom is 0.116 e. The number of hydrogen-bond donors (Lipinski definition) is 1. The summed E-state index contributed by atoms with van der Waals surface area (Å²) in [5, 5.41) is 6.17. The summed E-state index contributed by atoms with van der Waals surface area (Å²) in [4.78, 5) is 0. The summed E-state index contributed by atoms with van der Waals surface area (Å²) in [7, 11) is 0. The fourth-order valence-corrected chi connectivity index (χ4v) is 1.40. The number of hydrazone groups is 1. The van der Waals surface area contributed by atoms with Crippen molar-refractivity contribution in [3.63, 3.8) is 0 Å². The number of nitrogens with two attached hydrogens (primary N) is 1. The second kappa shape index (κ2) is 3.09. The van der Waals surface area contributed by atoms with E-state index in [9.17, 15) is 0 Å². The van der Waals surface area contributed by atoms with E-state index in [1.165, 1.54) is 5.56 Å². The molecule has 13 heavy (non-hydrogen) atoms. The summed E-state index contributed by atoms with van der Waals surface area (Å²) >= 11 is 0. The van der Waals surface area contributed by atoms with Crippen molar-refractivity contribution in [2.45, 2.75) is 13.0 Å². The topological polar surface area (TPSA) is 41.4 Å². The highest BCUT2D eigenvalue weighted by atomic mass is 15.6. The molecule has 1 saturated heterocycles. The zero-order valence-corrected chi connectivity index (χ0v) is 7.64. The van der Waals surface area contributed by atoms with E-state index in [0.29, 0.717) is 11.9 Å². The standard InChI is InChI=1S/C10H13N3/c1-8(11)12-13-7-10(13)9-5-3-2-4-6-9/h2-6,10H,7H2,1H3,(H2,11,12). The van der Waals surface area contributed by atoms with Crippen molar-refractivity contribution in [3.05, 3.63) is 35.9 Å². The lowest BCUT2D eigenvalue weighted by atomic mass is 10.2. The van der Waals surface area contributed by atoms with Crippen molar-refractivity contribution in [1.29, 1.82) is 0 Å². The first-order chi connectivity index (χ1) is 6.27. The number of amidine groups is 1. The number of rotatable bonds is 2. The molecule has 1 fully saturated rings. The molecule has 2 rings (SSSR count). The van der Waals surface area contributed by atoms with Gasteiger partial charge >= 0.3 is 0 Å². The summed E-state index contributed by atoms with van der Waals surface area (Å²) in [6.07, 6.45) is 0. The quantitative estimate of drug-likeness (QED) is 0.418. The second-order valence-corrected chi connectivity index (χ2v) is 3.29. The summed E-state index contributed by atoms with van der Waals surface area (Å²) < 4.78 is 0. The van der Waals surface area contributed by atoms with E-state index in [2.05, 4.69) is 17.2 Å². The van der Waals surface area contributed by atoms with Crippen LogP contribution in [0.1, 0.15) is 18.5 Å². The lowest BCUT2D eigenvalue weighted by Crippen LogP contribution is -2.07. The third-order valence-electron chi connectivity index (χ3n) is 2.06. The van der Waals surface area contributed by atoms with Crippen molar-refractivity contribution >= 4 is 5.84 Å². The van der Waals surface area contributed by atoms with Gasteiger partial charge in [0.05, 0.1) is 12.6 Å². The molecule has 1 atom stereocenters. The minimum atomic E-state index is 0.444. The molecule has 0 aromatic heterocycles. The van der Waals surface area contributed by atoms with Gasteiger partial charge in [-0.15, -0.1) is 0 Å². The van der Waals surface area contributed by atoms with E-state index >= 15 is 0 Å². The van der Waals surface area contributed by atoms with Crippen molar-refractivity contribution in [1.82, 2.24) is 5.01 Å². The molecule has 3 heteroatoms. The molecular formula is C10H13N3. The lowest BCUT2D eigenvalue weighted by molar-refractivity contribution is 0.551. The van der Waals surface area contributed by atoms with Crippen LogP contribution in [0, 0.1) is 0 Å². The van der Waals surface area contributed by atoms with Crippen LogP contribution in [0.25, 0.3) is 0 Å². The van der Waals surface area contributed by atoms with Crippen LogP contribution in [-0.4, -0.2) is 17.4 Å². The Morgan fingerprint density at radius 2 is 2.15 bits per heavy atom. The Morgan fingerprint density at radius 1 is 1.46 bits per heavy atom. The van der Waals surface area contributed by atoms with Crippen molar-refractivity contribution in [3.8, 4) is 0 Å². The first kappa shape index (κ1) is 8.10. The van der Waals surface area contributed by atoms with E-state index < -0.39 is 0 Å². The Kier molecular flexibility index (Phi) is 1.93. The van der Waals surface area contributed by atoms with Gasteiger partial charge in [0.2, 0.25) is 0 Å². The molecule has 0 radical (unpaired) electrons. The summed E-state index contributed by atoms with van der Waals surface area (Å²) in [6.45, 7) is 2.79. The average molecular weight is 175 g/mol. The molecule has 1 aliphatic rings. The van der Waals surface area contributed by atoms with Crippen LogP contribution < -0.4 is 5.73 Å². The van der Waals surface area contributed by atoms with Crippen LogP contribution in [0.2, 0.25) is 0 Å². The van der Waals surface area contributed by atoms with Crippen molar-refractivity contribution in [2.24, 2.45) is 10.8 Å². The predicted octanol–water partition coefficient (Wildman–Crippen LogP) is 1.34. The number of nitrogens with zero attached hydrogens (tertiary/aromatic N) is 2. The van der Waals surface area contributed by atoms with Gasteiger partial charge in [-0.05, 0) is 12.5 Å². The zero-order chi connectivity index (χ0) is 9.26. The molecule has 1 heterocycles. The number of hydrogen-bond acceptors (Lipinski definition) is 2. The van der Waals surface area contributed by atoms with E-state index in [0.717, 1.165) is 6.54 Å². The SMILES string of the molecule is C/C(N)=N/N1CC1c1ccccc1. The molecule has 0 spiro atoms. The van der Waals surface area contributed by atoms with Gasteiger partial charge in [0, 0.05) is 0 Å². The van der Waals surface area contributed by atoms with Crippen LogP contribution in [-0.2, 0) is 0 Å². The van der Waals surface area contributed by atoms with Gasteiger partial charge in [0.1, 0.15) is 5.84 Å². The molecule has 1 aliphatic heterocycles. The highest BCUT2D eigenvalue weighted by Gasteiger charge is 2.34. The Balaban J connectivity index is 2.05. The largest absolute Gasteiger partial charge is 0.386 e. The molecule has 0 saturated carbocycles. The van der Waals surface area contributed by atoms with Crippen LogP contribution >= 0.6 is 0 Å². The van der Waals surface area contributed by atoms with Gasteiger partial charge in [-0.2, -0.15) is 5.10 Å². The normalized spacial score (nSPS) is 21.8. The van der Waals surface area contributed by atoms with Crippen LogP contribution in [0.4, 0.5) is 0 Å². The average Bonchev–Trinajstić information content (AvgIpc) is 2.84. The van der Waals surface area contributed by atoms with E-state index in [1.54, 1.807) is 6.92 Å². The van der Waals surface area contributed by atoms with Crippen molar-refractivity contribution in [2.75, 3.05) is 6.54 Å². The third-order valence-corrected chi connectivity index (χ3v) is 2.06. The van der Waals surface area contributed by atoms with E-state index in [4.69, 9.17) is 5.73 Å². The fraction of sp³-hybridized carbons (Fsp3) is 0.300. The molecule has 3 nitrogen and oxygen atoms in total. The Labute approximate surface area is 77.9 Å². The zero-order valence-electron chi connectivity index (χ0n) is 7.64. The van der Waals surface area contributed by atoms with Crippen molar-refractivity contribution < 1.29 is 0 Å². The van der Waals surface area contributed by atoms with Gasteiger partial charge in [0.25, 0.3) is 0 Å². The maximum atomic E-state index is 5.48. The Bertz CT molecular complexity index is 314. The molecular weight excluding hydrogens is 162 g/mol. The second-order valence-electron chi connectivity index (χ2n) is 3.29. The first-order valence-corrected chi connectivity index (χ1v) is 4.39. The molecule has 1 aromatic rings. The molecule has 2 N–H and O–H groups in total. The van der Waals surface area contributed by atoms with E-state index in [-0.39, 0.29) is 0 Å². The van der Waals surface area contributed by atoms with Gasteiger partial charge in [-0.1, -0.05) is 30.3 Å². The third kappa shape index (κ3) is 1.80. The maximum absolute atomic E-state index is 5.48. The van der Waals surface area contributed by atoms with Gasteiger partial charge in [-0.3, -0.25) is 5.01 Å². The minimum Gasteiger partial charge on any atom is -0.386 e. The smallest absolute Gasteiger partial charge is 0.116 e. The predicted molar refractivity (Wildman–Crippen MR) is 53.2 cm³/mol. The lowest BCUT2D eigenvalue weighted by Gasteiger charge is -1.98. The van der Waals surface area contributed by atoms with Crippen LogP contribution in [0.3, 0.4) is 0 Å². The van der Waals surface area contributed by atoms with Gasteiger partial charge in [0.15, 0.2) is 0 Å². The Morgan fingerprint density at radius 3 is 2.77 bits per heavy atom. The summed E-state index contributed by atoms with van der Waals surface area (Å²) in [6, 6.07) is 10.8. The van der Waals surface area contributed by atoms with Gasteiger partial charge < -0.3 is 5.73 Å². The summed E-state index contributed by atoms with van der Waals surface area (Å²) in [5.41, 5.74) is 6.79. The molecule has 1 unspecified atom stereocenters. The molecule has 0 bridgehead atoms. The fourth-order valence-electron chi connectivity index (χ4n) is 1.40. The Hall–Kier alpha value is -1.51. The van der Waals surface area contributed by atoms with Crippen LogP contribution in [0.5, 0.6) is 0 Å². The number of benzene rings is 1. The molecule has 0 aliphatic carbocycles. The molecule has 0 amide bonds.